The fourth-order valence-electron chi connectivity index (χ4n) is 1.39. The van der Waals surface area contributed by atoms with Crippen LogP contribution in [0.5, 0.6) is 0 Å². The molecule has 92 valence electrons. The van der Waals surface area contributed by atoms with Crippen LogP contribution in [0.1, 0.15) is 22.5 Å². The molecule has 17 heavy (non-hydrogen) atoms. The molecule has 1 aliphatic carbocycles. The van der Waals surface area contributed by atoms with Crippen LogP contribution in [0.3, 0.4) is 0 Å². The molecule has 0 bridgehead atoms. The number of halogens is 2. The summed E-state index contributed by atoms with van der Waals surface area (Å²) in [5.41, 5.74) is 4.90. The lowest BCUT2D eigenvalue weighted by Crippen LogP contribution is -2.43. The van der Waals surface area contributed by atoms with Gasteiger partial charge in [-0.05, 0) is 19.4 Å². The molecule has 0 aromatic carbocycles. The van der Waals surface area contributed by atoms with E-state index in [0.29, 0.717) is 17.7 Å². The highest BCUT2D eigenvalue weighted by Gasteiger charge is 2.56. The number of rotatable bonds is 2. The summed E-state index contributed by atoms with van der Waals surface area (Å²) in [6.45, 7) is 1.65. The maximum absolute atomic E-state index is 11.6. The Bertz CT molecular complexity index is 470. The highest BCUT2D eigenvalue weighted by Crippen LogP contribution is 2.53. The van der Waals surface area contributed by atoms with Crippen LogP contribution in [0.2, 0.25) is 0 Å². The van der Waals surface area contributed by atoms with Crippen molar-refractivity contribution < 1.29 is 14.0 Å². The number of hydrogen-bond donors (Lipinski definition) is 2. The van der Waals surface area contributed by atoms with Crippen molar-refractivity contribution in [2.45, 2.75) is 17.7 Å². The van der Waals surface area contributed by atoms with E-state index in [1.807, 2.05) is 0 Å². The molecule has 7 heteroatoms. The predicted molar refractivity (Wildman–Crippen MR) is 61.6 cm³/mol. The molecule has 1 fully saturated rings. The van der Waals surface area contributed by atoms with Gasteiger partial charge in [-0.2, -0.15) is 0 Å². The van der Waals surface area contributed by atoms with E-state index in [2.05, 4.69) is 10.9 Å². The second-order valence-electron chi connectivity index (χ2n) is 3.85. The Balaban J connectivity index is 1.85. The van der Waals surface area contributed by atoms with Crippen LogP contribution in [-0.2, 0) is 4.79 Å². The van der Waals surface area contributed by atoms with E-state index in [9.17, 15) is 9.59 Å². The number of amides is 2. The average Bonchev–Trinajstić information content (AvgIpc) is 2.70. The van der Waals surface area contributed by atoms with Gasteiger partial charge in [-0.15, -0.1) is 23.2 Å². The summed E-state index contributed by atoms with van der Waals surface area (Å²) in [5.74, 6) is -0.840. The van der Waals surface area contributed by atoms with Gasteiger partial charge in [0.1, 0.15) is 10.1 Å². The molecular formula is C10H10Cl2N2O3. The Hall–Kier alpha value is -1.20. The fraction of sp³-hybridized carbons (Fsp3) is 0.400. The predicted octanol–water partition coefficient (Wildman–Crippen LogP) is 1.54. The van der Waals surface area contributed by atoms with Gasteiger partial charge >= 0.3 is 0 Å². The quantitative estimate of drug-likeness (QED) is 0.636. The summed E-state index contributed by atoms with van der Waals surface area (Å²) in [4.78, 5) is 23.0. The molecule has 0 unspecified atom stereocenters. The van der Waals surface area contributed by atoms with Gasteiger partial charge in [-0.3, -0.25) is 20.4 Å². The van der Waals surface area contributed by atoms with Crippen molar-refractivity contribution in [2.24, 2.45) is 5.92 Å². The second kappa shape index (κ2) is 4.23. The molecule has 1 atom stereocenters. The molecular weight excluding hydrogens is 267 g/mol. The third-order valence-electron chi connectivity index (χ3n) is 2.55. The molecule has 1 aromatic heterocycles. The van der Waals surface area contributed by atoms with Crippen molar-refractivity contribution in [1.29, 1.82) is 0 Å². The Morgan fingerprint density at radius 3 is 2.59 bits per heavy atom. The molecule has 2 amide bonds. The van der Waals surface area contributed by atoms with Crippen LogP contribution >= 0.6 is 23.2 Å². The lowest BCUT2D eigenvalue weighted by atomic mass is 10.2. The van der Waals surface area contributed by atoms with Crippen LogP contribution in [0.25, 0.3) is 0 Å². The highest BCUT2D eigenvalue weighted by atomic mass is 35.5. The standard InChI is InChI=1S/C10H10Cl2N2O3/c1-5-6(2-3-17-5)8(15)13-14-9(16)7-4-10(7,11)12/h2-3,7H,4H2,1H3,(H,13,15)(H,14,16)/t7-/m0/s1. The Kier molecular flexibility index (Phi) is 3.05. The minimum Gasteiger partial charge on any atom is -0.469 e. The highest BCUT2D eigenvalue weighted by molar-refractivity contribution is 6.52. The van der Waals surface area contributed by atoms with Crippen LogP contribution < -0.4 is 10.9 Å². The SMILES string of the molecule is Cc1occc1C(=O)NNC(=O)[C@@H]1CC1(Cl)Cl. The minimum absolute atomic E-state index is 0.365. The monoisotopic (exact) mass is 276 g/mol. The van der Waals surface area contributed by atoms with Gasteiger partial charge in [0.15, 0.2) is 0 Å². The molecule has 5 nitrogen and oxygen atoms in total. The summed E-state index contributed by atoms with van der Waals surface area (Å²) in [7, 11) is 0. The van der Waals surface area contributed by atoms with Gasteiger partial charge in [0.2, 0.25) is 5.91 Å². The first-order valence-corrected chi connectivity index (χ1v) is 5.69. The summed E-state index contributed by atoms with van der Waals surface area (Å²) in [5, 5.41) is 0. The Labute approximate surface area is 107 Å². The van der Waals surface area contributed by atoms with Crippen LogP contribution in [0.4, 0.5) is 0 Å². The zero-order valence-electron chi connectivity index (χ0n) is 8.92. The first-order chi connectivity index (χ1) is 7.92. The lowest BCUT2D eigenvalue weighted by molar-refractivity contribution is -0.123. The van der Waals surface area contributed by atoms with Gasteiger partial charge in [0.05, 0.1) is 17.7 Å². The van der Waals surface area contributed by atoms with Crippen molar-refractivity contribution >= 4 is 35.0 Å². The van der Waals surface area contributed by atoms with Crippen molar-refractivity contribution in [2.75, 3.05) is 0 Å². The third kappa shape index (κ3) is 2.56. The fourth-order valence-corrected chi connectivity index (χ4v) is 1.90. The Morgan fingerprint density at radius 2 is 2.12 bits per heavy atom. The number of carbonyl (C=O) groups excluding carboxylic acids is 2. The van der Waals surface area contributed by atoms with Crippen LogP contribution in [0, 0.1) is 12.8 Å². The number of furan rings is 1. The van der Waals surface area contributed by atoms with Gasteiger partial charge in [-0.1, -0.05) is 0 Å². The number of aryl methyl sites for hydroxylation is 1. The van der Waals surface area contributed by atoms with Crippen molar-refractivity contribution in [1.82, 2.24) is 10.9 Å². The normalized spacial score (nSPS) is 20.8. The number of alkyl halides is 2. The number of nitrogens with one attached hydrogen (secondary N) is 2. The average molecular weight is 277 g/mol. The molecule has 1 saturated carbocycles. The lowest BCUT2D eigenvalue weighted by Gasteiger charge is -2.06. The van der Waals surface area contributed by atoms with E-state index in [1.165, 1.54) is 12.3 Å². The number of hydrogen-bond acceptors (Lipinski definition) is 3. The van der Waals surface area contributed by atoms with Crippen molar-refractivity contribution in [3.63, 3.8) is 0 Å². The first-order valence-electron chi connectivity index (χ1n) is 4.94. The molecule has 1 aromatic rings. The molecule has 0 saturated heterocycles. The smallest absolute Gasteiger partial charge is 0.273 e. The molecule has 2 N–H and O–H groups in total. The molecule has 0 aliphatic heterocycles. The van der Waals surface area contributed by atoms with Crippen LogP contribution in [0.15, 0.2) is 16.7 Å². The second-order valence-corrected chi connectivity index (χ2v) is 5.39. The molecule has 1 aliphatic rings. The van der Waals surface area contributed by atoms with Gasteiger partial charge < -0.3 is 4.42 Å². The molecule has 1 heterocycles. The minimum atomic E-state index is -1.000. The summed E-state index contributed by atoms with van der Waals surface area (Å²) >= 11 is 11.4. The van der Waals surface area contributed by atoms with E-state index in [0.717, 1.165) is 0 Å². The number of hydrazine groups is 1. The van der Waals surface area contributed by atoms with E-state index >= 15 is 0 Å². The van der Waals surface area contributed by atoms with Gasteiger partial charge in [-0.25, -0.2) is 0 Å². The maximum Gasteiger partial charge on any atom is 0.273 e. The topological polar surface area (TPSA) is 71.3 Å². The first kappa shape index (κ1) is 12.3. The molecule has 0 radical (unpaired) electrons. The molecule has 2 rings (SSSR count). The number of carbonyl (C=O) groups is 2. The van der Waals surface area contributed by atoms with Crippen molar-refractivity contribution in [3.05, 3.63) is 23.7 Å². The van der Waals surface area contributed by atoms with E-state index in [4.69, 9.17) is 27.6 Å². The zero-order valence-corrected chi connectivity index (χ0v) is 10.4. The van der Waals surface area contributed by atoms with Crippen molar-refractivity contribution in [3.8, 4) is 0 Å². The summed E-state index contributed by atoms with van der Waals surface area (Å²) in [6, 6.07) is 1.52. The van der Waals surface area contributed by atoms with E-state index in [-0.39, 0.29) is 0 Å². The van der Waals surface area contributed by atoms with E-state index in [1.54, 1.807) is 6.92 Å². The van der Waals surface area contributed by atoms with Gasteiger partial charge in [0.25, 0.3) is 5.91 Å². The maximum atomic E-state index is 11.6. The van der Waals surface area contributed by atoms with Gasteiger partial charge in [0, 0.05) is 0 Å². The molecule has 0 spiro atoms. The largest absolute Gasteiger partial charge is 0.469 e. The Morgan fingerprint density at radius 1 is 1.47 bits per heavy atom. The van der Waals surface area contributed by atoms with E-state index < -0.39 is 22.1 Å². The summed E-state index contributed by atoms with van der Waals surface area (Å²) < 4.78 is 3.97. The third-order valence-corrected chi connectivity index (χ3v) is 3.38. The summed E-state index contributed by atoms with van der Waals surface area (Å²) in [6.07, 6.45) is 1.79. The zero-order chi connectivity index (χ0) is 12.6. The van der Waals surface area contributed by atoms with Crippen LogP contribution in [-0.4, -0.2) is 16.1 Å².